The molecule has 1 aromatic carbocycles. The number of piperidine rings is 1. The van der Waals surface area contributed by atoms with E-state index in [1.807, 2.05) is 20.3 Å². The highest BCUT2D eigenvalue weighted by molar-refractivity contribution is 5.92. The van der Waals surface area contributed by atoms with Crippen LogP contribution in [0.5, 0.6) is 0 Å². The lowest BCUT2D eigenvalue weighted by Crippen LogP contribution is -2.26. The van der Waals surface area contributed by atoms with E-state index in [2.05, 4.69) is 64.4 Å². The van der Waals surface area contributed by atoms with E-state index in [9.17, 15) is 0 Å². The highest BCUT2D eigenvalue weighted by Gasteiger charge is 2.20. The van der Waals surface area contributed by atoms with Crippen molar-refractivity contribution >= 4 is 16.7 Å². The molecule has 142 valence electrons. The van der Waals surface area contributed by atoms with Crippen LogP contribution >= 0.6 is 0 Å². The van der Waals surface area contributed by atoms with Gasteiger partial charge in [0, 0.05) is 36.8 Å². The molecule has 0 atom stereocenters. The molecule has 27 heavy (non-hydrogen) atoms. The second-order valence-electron chi connectivity index (χ2n) is 8.19. The van der Waals surface area contributed by atoms with Crippen LogP contribution in [-0.4, -0.2) is 37.2 Å². The molecule has 3 heterocycles. The monoisotopic (exact) mass is 362 g/mol. The summed E-state index contributed by atoms with van der Waals surface area (Å²) < 4.78 is 0. The molecule has 0 bridgehead atoms. The largest absolute Gasteiger partial charge is 0.363 e. The predicted octanol–water partition coefficient (Wildman–Crippen LogP) is 4.89. The zero-order chi connectivity index (χ0) is 19.0. The molecule has 3 aromatic rings. The van der Waals surface area contributed by atoms with E-state index in [1.54, 1.807) is 0 Å². The Hall–Kier alpha value is -2.33. The molecule has 1 aliphatic rings. The van der Waals surface area contributed by atoms with Gasteiger partial charge in [-0.3, -0.25) is 0 Å². The Morgan fingerprint density at radius 3 is 2.56 bits per heavy atom. The van der Waals surface area contributed by atoms with E-state index < -0.39 is 0 Å². The van der Waals surface area contributed by atoms with E-state index in [0.717, 1.165) is 18.9 Å². The Balaban J connectivity index is 1.83. The second kappa shape index (κ2) is 7.35. The number of aromatic amines is 1. The first kappa shape index (κ1) is 18.1. The first-order valence-electron chi connectivity index (χ1n) is 10.0. The molecule has 2 N–H and O–H groups in total. The van der Waals surface area contributed by atoms with Gasteiger partial charge in [0.05, 0.1) is 5.69 Å². The van der Waals surface area contributed by atoms with Gasteiger partial charge >= 0.3 is 0 Å². The summed E-state index contributed by atoms with van der Waals surface area (Å²) >= 11 is 0. The molecule has 4 heteroatoms. The first-order valence-corrected chi connectivity index (χ1v) is 10.0. The van der Waals surface area contributed by atoms with Gasteiger partial charge in [-0.15, -0.1) is 0 Å². The molecule has 4 rings (SSSR count). The molecule has 1 fully saturated rings. The number of benzene rings is 1. The number of H-pyrrole nitrogens is 1. The Bertz CT molecular complexity index is 933. The minimum Gasteiger partial charge on any atom is -0.363 e. The summed E-state index contributed by atoms with van der Waals surface area (Å²) in [6, 6.07) is 11.3. The van der Waals surface area contributed by atoms with Gasteiger partial charge in [0.15, 0.2) is 0 Å². The van der Waals surface area contributed by atoms with Crippen molar-refractivity contribution in [2.75, 3.05) is 32.1 Å². The molecule has 0 spiro atoms. The van der Waals surface area contributed by atoms with Gasteiger partial charge in [0.1, 0.15) is 5.82 Å². The number of rotatable bonds is 4. The Morgan fingerprint density at radius 2 is 1.85 bits per heavy atom. The van der Waals surface area contributed by atoms with Crippen LogP contribution in [0.25, 0.3) is 22.2 Å². The second-order valence-corrected chi connectivity index (χ2v) is 8.19. The third-order valence-corrected chi connectivity index (χ3v) is 5.74. The molecular weight excluding hydrogens is 332 g/mol. The maximum absolute atomic E-state index is 4.47. The van der Waals surface area contributed by atoms with Crippen molar-refractivity contribution < 1.29 is 0 Å². The SMILES string of the molecule is CC(C)c1c(-c2ccnc(N(C)C)c2)[nH]c2ccc(C3CCNCC3)cc12. The van der Waals surface area contributed by atoms with Crippen LogP contribution in [-0.2, 0) is 0 Å². The molecule has 0 unspecified atom stereocenters. The van der Waals surface area contributed by atoms with E-state index in [4.69, 9.17) is 0 Å². The van der Waals surface area contributed by atoms with Crippen molar-refractivity contribution in [1.82, 2.24) is 15.3 Å². The topological polar surface area (TPSA) is 44.0 Å². The minimum atomic E-state index is 0.452. The zero-order valence-corrected chi connectivity index (χ0v) is 16.8. The number of pyridine rings is 1. The number of hydrogen-bond donors (Lipinski definition) is 2. The summed E-state index contributed by atoms with van der Waals surface area (Å²) in [5.74, 6) is 2.11. The fourth-order valence-electron chi connectivity index (χ4n) is 4.29. The van der Waals surface area contributed by atoms with E-state index >= 15 is 0 Å². The average Bonchev–Trinajstić information content (AvgIpc) is 3.07. The van der Waals surface area contributed by atoms with Crippen LogP contribution in [0.4, 0.5) is 5.82 Å². The molecule has 2 aromatic heterocycles. The molecular formula is C23H30N4. The number of aromatic nitrogens is 2. The summed E-state index contributed by atoms with van der Waals surface area (Å²) in [6.45, 7) is 6.83. The summed E-state index contributed by atoms with van der Waals surface area (Å²) in [4.78, 5) is 10.2. The molecule has 0 aliphatic carbocycles. The number of nitrogens with one attached hydrogen (secondary N) is 2. The molecule has 1 aliphatic heterocycles. The lowest BCUT2D eigenvalue weighted by atomic mass is 9.88. The molecule has 0 saturated carbocycles. The van der Waals surface area contributed by atoms with Gasteiger partial charge in [0.25, 0.3) is 0 Å². The lowest BCUT2D eigenvalue weighted by Gasteiger charge is -2.23. The Morgan fingerprint density at radius 1 is 1.07 bits per heavy atom. The van der Waals surface area contributed by atoms with Crippen LogP contribution in [0.2, 0.25) is 0 Å². The number of nitrogens with zero attached hydrogens (tertiary/aromatic N) is 2. The zero-order valence-electron chi connectivity index (χ0n) is 16.8. The first-order chi connectivity index (χ1) is 13.0. The van der Waals surface area contributed by atoms with Crippen molar-refractivity contribution in [1.29, 1.82) is 0 Å². The third-order valence-electron chi connectivity index (χ3n) is 5.74. The van der Waals surface area contributed by atoms with Gasteiger partial charge < -0.3 is 15.2 Å². The molecule has 0 radical (unpaired) electrons. The highest BCUT2D eigenvalue weighted by Crippen LogP contribution is 2.38. The summed E-state index contributed by atoms with van der Waals surface area (Å²) in [5, 5.41) is 4.85. The quantitative estimate of drug-likeness (QED) is 0.695. The number of fused-ring (bicyclic) bond motifs is 1. The average molecular weight is 363 g/mol. The summed E-state index contributed by atoms with van der Waals surface area (Å²) in [5.41, 5.74) is 6.57. The van der Waals surface area contributed by atoms with Crippen LogP contribution in [0.3, 0.4) is 0 Å². The maximum atomic E-state index is 4.47. The standard InChI is InChI=1S/C23H30N4/c1-15(2)22-19-13-17(16-7-10-24-11-8-16)5-6-20(19)26-23(22)18-9-12-25-21(14-18)27(3)4/h5-6,9,12-16,24,26H,7-8,10-11H2,1-4H3. The van der Waals surface area contributed by atoms with E-state index in [0.29, 0.717) is 11.8 Å². The van der Waals surface area contributed by atoms with Crippen molar-refractivity contribution in [2.45, 2.75) is 38.5 Å². The summed E-state index contributed by atoms with van der Waals surface area (Å²) in [7, 11) is 4.07. The van der Waals surface area contributed by atoms with Gasteiger partial charge in [0.2, 0.25) is 0 Å². The number of hydrogen-bond acceptors (Lipinski definition) is 3. The predicted molar refractivity (Wildman–Crippen MR) is 115 cm³/mol. The Kier molecular flexibility index (Phi) is 4.92. The van der Waals surface area contributed by atoms with Crippen LogP contribution < -0.4 is 10.2 Å². The summed E-state index contributed by atoms with van der Waals surface area (Å²) in [6.07, 6.45) is 4.37. The van der Waals surface area contributed by atoms with Crippen LogP contribution in [0.1, 0.15) is 49.7 Å². The van der Waals surface area contributed by atoms with Crippen molar-refractivity contribution in [2.24, 2.45) is 0 Å². The molecule has 4 nitrogen and oxygen atoms in total. The number of anilines is 1. The van der Waals surface area contributed by atoms with Crippen molar-refractivity contribution in [3.63, 3.8) is 0 Å². The normalized spacial score (nSPS) is 15.6. The molecule has 0 amide bonds. The van der Waals surface area contributed by atoms with E-state index in [-0.39, 0.29) is 0 Å². The van der Waals surface area contributed by atoms with Crippen LogP contribution in [0, 0.1) is 0 Å². The third kappa shape index (κ3) is 3.46. The van der Waals surface area contributed by atoms with Gasteiger partial charge in [-0.05, 0) is 73.2 Å². The van der Waals surface area contributed by atoms with Crippen molar-refractivity contribution in [3.8, 4) is 11.3 Å². The van der Waals surface area contributed by atoms with Crippen molar-refractivity contribution in [3.05, 3.63) is 47.7 Å². The maximum Gasteiger partial charge on any atom is 0.128 e. The fourth-order valence-corrected chi connectivity index (χ4v) is 4.29. The van der Waals surface area contributed by atoms with Crippen LogP contribution in [0.15, 0.2) is 36.5 Å². The smallest absolute Gasteiger partial charge is 0.128 e. The van der Waals surface area contributed by atoms with Gasteiger partial charge in [-0.1, -0.05) is 19.9 Å². The van der Waals surface area contributed by atoms with Gasteiger partial charge in [-0.2, -0.15) is 0 Å². The lowest BCUT2D eigenvalue weighted by molar-refractivity contribution is 0.460. The van der Waals surface area contributed by atoms with E-state index in [1.165, 1.54) is 46.1 Å². The van der Waals surface area contributed by atoms with Gasteiger partial charge in [-0.25, -0.2) is 4.98 Å². The molecule has 1 saturated heterocycles. The highest BCUT2D eigenvalue weighted by atomic mass is 15.1. The Labute approximate surface area is 162 Å². The fraction of sp³-hybridized carbons (Fsp3) is 0.435. The minimum absolute atomic E-state index is 0.452.